The molecule has 0 saturated heterocycles. The van der Waals surface area contributed by atoms with Gasteiger partial charge in [0.25, 0.3) is 0 Å². The Hall–Kier alpha value is -3.40. The average Bonchev–Trinajstić information content (AvgIpc) is 3.16. The second kappa shape index (κ2) is 8.95. The molecule has 0 heterocycles. The number of hydrogen-bond acceptors (Lipinski definition) is 2. The minimum Gasteiger partial charge on any atom is -0.478 e. The second-order valence-electron chi connectivity index (χ2n) is 7.98. The molecular formula is C26H25NO3. The number of carbonyl (C=O) groups is 2. The van der Waals surface area contributed by atoms with Crippen molar-refractivity contribution in [1.29, 1.82) is 0 Å². The lowest BCUT2D eigenvalue weighted by Crippen LogP contribution is -2.31. The minimum atomic E-state index is -0.945. The van der Waals surface area contributed by atoms with Gasteiger partial charge in [0.15, 0.2) is 0 Å². The lowest BCUT2D eigenvalue weighted by atomic mass is 10.0. The van der Waals surface area contributed by atoms with E-state index in [-0.39, 0.29) is 11.5 Å². The Labute approximate surface area is 176 Å². The number of benzene rings is 3. The van der Waals surface area contributed by atoms with Gasteiger partial charge in [0.05, 0.1) is 5.56 Å². The van der Waals surface area contributed by atoms with Crippen LogP contribution < -0.4 is 0 Å². The molecule has 1 aliphatic rings. The van der Waals surface area contributed by atoms with E-state index in [0.29, 0.717) is 25.4 Å². The number of rotatable bonds is 7. The van der Waals surface area contributed by atoms with Gasteiger partial charge in [0.2, 0.25) is 5.91 Å². The van der Waals surface area contributed by atoms with Crippen LogP contribution in [0.4, 0.5) is 0 Å². The van der Waals surface area contributed by atoms with Gasteiger partial charge in [-0.05, 0) is 53.1 Å². The smallest absolute Gasteiger partial charge is 0.335 e. The number of hydrogen-bond donors (Lipinski definition) is 1. The number of carbonyl (C=O) groups excluding carboxylic acids is 1. The second-order valence-corrected chi connectivity index (χ2v) is 7.98. The van der Waals surface area contributed by atoms with Crippen molar-refractivity contribution in [1.82, 2.24) is 4.90 Å². The SMILES string of the molecule is O=C(O)c1ccc(CN(Cc2ccccc2)C(=O)CC2Cc3ccccc3C2)cc1. The van der Waals surface area contributed by atoms with Gasteiger partial charge in [-0.1, -0.05) is 66.7 Å². The van der Waals surface area contributed by atoms with Gasteiger partial charge in [-0.2, -0.15) is 0 Å². The van der Waals surface area contributed by atoms with Gasteiger partial charge < -0.3 is 10.0 Å². The van der Waals surface area contributed by atoms with Crippen LogP contribution in [-0.4, -0.2) is 21.9 Å². The molecule has 1 amide bonds. The summed E-state index contributed by atoms with van der Waals surface area (Å²) in [5.74, 6) is -0.471. The fraction of sp³-hybridized carbons (Fsp3) is 0.231. The van der Waals surface area contributed by atoms with Crippen LogP contribution in [0.2, 0.25) is 0 Å². The zero-order chi connectivity index (χ0) is 20.9. The van der Waals surface area contributed by atoms with Crippen molar-refractivity contribution in [3.63, 3.8) is 0 Å². The van der Waals surface area contributed by atoms with Crippen LogP contribution in [0.15, 0.2) is 78.9 Å². The van der Waals surface area contributed by atoms with E-state index in [9.17, 15) is 9.59 Å². The van der Waals surface area contributed by atoms with E-state index in [1.54, 1.807) is 24.3 Å². The summed E-state index contributed by atoms with van der Waals surface area (Å²) in [6.45, 7) is 1.01. The number of carboxylic acids is 1. The van der Waals surface area contributed by atoms with Crippen LogP contribution in [0.3, 0.4) is 0 Å². The Bertz CT molecular complexity index is 1000. The summed E-state index contributed by atoms with van der Waals surface area (Å²) in [5, 5.41) is 9.11. The van der Waals surface area contributed by atoms with Gasteiger partial charge in [0.1, 0.15) is 0 Å². The highest BCUT2D eigenvalue weighted by Crippen LogP contribution is 2.29. The van der Waals surface area contributed by atoms with Crippen LogP contribution in [0.5, 0.6) is 0 Å². The first-order valence-electron chi connectivity index (χ1n) is 10.3. The molecule has 4 rings (SSSR count). The molecule has 0 radical (unpaired) electrons. The molecule has 0 aliphatic heterocycles. The summed E-state index contributed by atoms with van der Waals surface area (Å²) in [4.78, 5) is 26.3. The third-order valence-corrected chi connectivity index (χ3v) is 5.74. The van der Waals surface area contributed by atoms with E-state index in [0.717, 1.165) is 24.0 Å². The molecule has 152 valence electrons. The van der Waals surface area contributed by atoms with Crippen molar-refractivity contribution < 1.29 is 14.7 Å². The highest BCUT2D eigenvalue weighted by atomic mass is 16.4. The Morgan fingerprint density at radius 2 is 1.30 bits per heavy atom. The topological polar surface area (TPSA) is 57.6 Å². The van der Waals surface area contributed by atoms with Crippen LogP contribution in [0, 0.1) is 5.92 Å². The highest BCUT2D eigenvalue weighted by Gasteiger charge is 2.25. The van der Waals surface area contributed by atoms with Gasteiger partial charge in [-0.25, -0.2) is 4.79 Å². The predicted molar refractivity (Wildman–Crippen MR) is 116 cm³/mol. The molecule has 1 N–H and O–H groups in total. The van der Waals surface area contributed by atoms with Gasteiger partial charge in [0, 0.05) is 19.5 Å². The molecule has 0 bridgehead atoms. The van der Waals surface area contributed by atoms with Crippen molar-refractivity contribution in [2.45, 2.75) is 32.4 Å². The summed E-state index contributed by atoms with van der Waals surface area (Å²) < 4.78 is 0. The Morgan fingerprint density at radius 1 is 0.767 bits per heavy atom. The van der Waals surface area contributed by atoms with Crippen molar-refractivity contribution in [2.75, 3.05) is 0 Å². The number of amides is 1. The predicted octanol–water partition coefficient (Wildman–Crippen LogP) is 4.72. The largest absolute Gasteiger partial charge is 0.478 e. The molecule has 0 saturated carbocycles. The summed E-state index contributed by atoms with van der Waals surface area (Å²) >= 11 is 0. The first-order chi connectivity index (χ1) is 14.6. The normalized spacial score (nSPS) is 13.1. The van der Waals surface area contributed by atoms with Crippen LogP contribution in [0.25, 0.3) is 0 Å². The van der Waals surface area contributed by atoms with E-state index in [2.05, 4.69) is 24.3 Å². The standard InChI is InChI=1S/C26H25NO3/c28-25(16-21-14-23-8-4-5-9-24(23)15-21)27(17-19-6-2-1-3-7-19)18-20-10-12-22(13-11-20)26(29)30/h1-13,21H,14-18H2,(H,29,30). The molecule has 0 fully saturated rings. The van der Waals surface area contributed by atoms with Crippen molar-refractivity contribution in [2.24, 2.45) is 5.92 Å². The third kappa shape index (κ3) is 4.77. The maximum atomic E-state index is 13.3. The molecule has 0 unspecified atom stereocenters. The summed E-state index contributed by atoms with van der Waals surface area (Å²) in [6, 6.07) is 25.2. The molecule has 4 heteroatoms. The molecule has 4 nitrogen and oxygen atoms in total. The fourth-order valence-electron chi connectivity index (χ4n) is 4.18. The molecule has 3 aromatic rings. The number of carboxylic acid groups (broad SMARTS) is 1. The van der Waals surface area contributed by atoms with Gasteiger partial charge in [-0.15, -0.1) is 0 Å². The average molecular weight is 399 g/mol. The van der Waals surface area contributed by atoms with E-state index in [4.69, 9.17) is 5.11 Å². The monoisotopic (exact) mass is 399 g/mol. The maximum Gasteiger partial charge on any atom is 0.335 e. The third-order valence-electron chi connectivity index (χ3n) is 5.74. The quantitative estimate of drug-likeness (QED) is 0.625. The fourth-order valence-corrected chi connectivity index (χ4v) is 4.18. The number of nitrogens with zero attached hydrogens (tertiary/aromatic N) is 1. The zero-order valence-corrected chi connectivity index (χ0v) is 16.8. The molecule has 0 aromatic heterocycles. The lowest BCUT2D eigenvalue weighted by Gasteiger charge is -2.25. The first-order valence-corrected chi connectivity index (χ1v) is 10.3. The van der Waals surface area contributed by atoms with Crippen molar-refractivity contribution in [3.05, 3.63) is 107 Å². The molecule has 30 heavy (non-hydrogen) atoms. The maximum absolute atomic E-state index is 13.3. The van der Waals surface area contributed by atoms with Gasteiger partial charge >= 0.3 is 5.97 Å². The Kier molecular flexibility index (Phi) is 5.94. The Morgan fingerprint density at radius 3 is 1.87 bits per heavy atom. The number of aromatic carboxylic acids is 1. The molecule has 3 aromatic carbocycles. The summed E-state index contributed by atoms with van der Waals surface area (Å²) in [6.07, 6.45) is 2.43. The van der Waals surface area contributed by atoms with Gasteiger partial charge in [-0.3, -0.25) is 4.79 Å². The Balaban J connectivity index is 1.48. The highest BCUT2D eigenvalue weighted by molar-refractivity contribution is 5.87. The minimum absolute atomic E-state index is 0.138. The molecular weight excluding hydrogens is 374 g/mol. The number of fused-ring (bicyclic) bond motifs is 1. The van der Waals surface area contributed by atoms with Crippen LogP contribution in [-0.2, 0) is 30.7 Å². The van der Waals surface area contributed by atoms with E-state index in [1.807, 2.05) is 35.2 Å². The zero-order valence-electron chi connectivity index (χ0n) is 16.8. The van der Waals surface area contributed by atoms with E-state index < -0.39 is 5.97 Å². The summed E-state index contributed by atoms with van der Waals surface area (Å²) in [7, 11) is 0. The molecule has 0 spiro atoms. The van der Waals surface area contributed by atoms with E-state index >= 15 is 0 Å². The van der Waals surface area contributed by atoms with Crippen LogP contribution in [0.1, 0.15) is 39.0 Å². The molecule has 0 atom stereocenters. The van der Waals surface area contributed by atoms with Crippen molar-refractivity contribution in [3.8, 4) is 0 Å². The first kappa shape index (κ1) is 19.9. The molecule has 1 aliphatic carbocycles. The summed E-state index contributed by atoms with van der Waals surface area (Å²) in [5.41, 5.74) is 4.98. The van der Waals surface area contributed by atoms with E-state index in [1.165, 1.54) is 11.1 Å². The van der Waals surface area contributed by atoms with Crippen LogP contribution >= 0.6 is 0 Å². The lowest BCUT2D eigenvalue weighted by molar-refractivity contribution is -0.133. The van der Waals surface area contributed by atoms with Crippen molar-refractivity contribution >= 4 is 11.9 Å².